The topological polar surface area (TPSA) is 72.6 Å². The molecule has 1 heterocycles. The number of hydrogen-bond acceptors (Lipinski definition) is 4. The first-order chi connectivity index (χ1) is 9.06. The maximum Gasteiger partial charge on any atom is 0.374 e. The summed E-state index contributed by atoms with van der Waals surface area (Å²) in [5.74, 6) is -1.54. The lowest BCUT2D eigenvalue weighted by Crippen LogP contribution is -1.96. The Labute approximate surface area is 108 Å². The first-order valence-electron chi connectivity index (χ1n) is 5.63. The average Bonchev–Trinajstić information content (AvgIpc) is 2.87. The molecule has 0 spiro atoms. The van der Waals surface area contributed by atoms with Gasteiger partial charge in [-0.15, -0.1) is 0 Å². The Morgan fingerprint density at radius 1 is 1.47 bits per heavy atom. The third-order valence-corrected chi connectivity index (χ3v) is 2.74. The molecule has 0 aliphatic heterocycles. The van der Waals surface area contributed by atoms with E-state index in [4.69, 9.17) is 9.84 Å². The van der Waals surface area contributed by atoms with Gasteiger partial charge in [0, 0.05) is 17.2 Å². The van der Waals surface area contributed by atoms with E-state index in [0.29, 0.717) is 23.3 Å². The average molecular weight is 265 g/mol. The zero-order chi connectivity index (χ0) is 14.0. The Morgan fingerprint density at radius 3 is 2.74 bits per heavy atom. The van der Waals surface area contributed by atoms with Crippen LogP contribution in [0.25, 0.3) is 11.3 Å². The molecule has 19 heavy (non-hydrogen) atoms. The summed E-state index contributed by atoms with van der Waals surface area (Å²) in [4.78, 5) is 10.7. The minimum Gasteiger partial charge on any atom is -0.496 e. The molecule has 0 unspecified atom stereocenters. The summed E-state index contributed by atoms with van der Waals surface area (Å²) >= 11 is 0. The maximum atomic E-state index is 13.9. The molecular formula is C13H12FNO4. The minimum absolute atomic E-state index is 0.247. The number of nitrogens with zero attached hydrogens (tertiary/aromatic N) is 1. The number of carboxylic acids is 1. The fraction of sp³-hybridized carbons (Fsp3) is 0.231. The smallest absolute Gasteiger partial charge is 0.374 e. The molecule has 0 saturated carbocycles. The van der Waals surface area contributed by atoms with Gasteiger partial charge in [0.15, 0.2) is 0 Å². The van der Waals surface area contributed by atoms with Gasteiger partial charge in [0.25, 0.3) is 0 Å². The number of carbonyl (C=O) groups is 1. The Balaban J connectivity index is 2.50. The minimum atomic E-state index is -1.23. The zero-order valence-electron chi connectivity index (χ0n) is 10.4. The van der Waals surface area contributed by atoms with Crippen molar-refractivity contribution in [2.45, 2.75) is 13.3 Å². The van der Waals surface area contributed by atoms with E-state index >= 15 is 0 Å². The fourth-order valence-corrected chi connectivity index (χ4v) is 1.80. The normalized spacial score (nSPS) is 10.5. The number of rotatable bonds is 4. The van der Waals surface area contributed by atoms with E-state index in [0.717, 1.165) is 0 Å². The van der Waals surface area contributed by atoms with Crippen LogP contribution in [0, 0.1) is 5.82 Å². The highest BCUT2D eigenvalue weighted by atomic mass is 19.1. The van der Waals surface area contributed by atoms with Gasteiger partial charge in [0.1, 0.15) is 17.3 Å². The summed E-state index contributed by atoms with van der Waals surface area (Å²) in [7, 11) is 1.45. The molecule has 1 aromatic heterocycles. The van der Waals surface area contributed by atoms with Crippen LogP contribution < -0.4 is 4.74 Å². The Morgan fingerprint density at radius 2 is 2.21 bits per heavy atom. The van der Waals surface area contributed by atoms with Crippen LogP contribution in [-0.4, -0.2) is 23.3 Å². The lowest BCUT2D eigenvalue weighted by molar-refractivity contribution is 0.0652. The lowest BCUT2D eigenvalue weighted by Gasteiger charge is -2.09. The second kappa shape index (κ2) is 5.09. The summed E-state index contributed by atoms with van der Waals surface area (Å²) in [5.41, 5.74) is 1.12. The SMILES string of the molecule is CCc1c(F)cc(-c2cc(C(=O)O)on2)cc1OC. The molecule has 0 aliphatic carbocycles. The molecule has 2 rings (SSSR count). The van der Waals surface area contributed by atoms with Crippen molar-refractivity contribution in [2.24, 2.45) is 0 Å². The summed E-state index contributed by atoms with van der Waals surface area (Å²) in [6.45, 7) is 1.82. The Kier molecular flexibility index (Phi) is 3.50. The van der Waals surface area contributed by atoms with Crippen molar-refractivity contribution in [1.29, 1.82) is 0 Å². The van der Waals surface area contributed by atoms with E-state index in [1.807, 2.05) is 6.92 Å². The molecule has 1 N–H and O–H groups in total. The Bertz CT molecular complexity index is 621. The molecule has 0 aliphatic rings. The molecular weight excluding hydrogens is 253 g/mol. The van der Waals surface area contributed by atoms with Crippen LogP contribution in [0.15, 0.2) is 22.7 Å². The summed E-state index contributed by atoms with van der Waals surface area (Å²) in [6.07, 6.45) is 0.495. The van der Waals surface area contributed by atoms with E-state index < -0.39 is 11.8 Å². The molecule has 5 nitrogen and oxygen atoms in total. The quantitative estimate of drug-likeness (QED) is 0.920. The van der Waals surface area contributed by atoms with Gasteiger partial charge >= 0.3 is 5.97 Å². The van der Waals surface area contributed by atoms with E-state index in [-0.39, 0.29) is 11.5 Å². The van der Waals surface area contributed by atoms with Gasteiger partial charge in [0.2, 0.25) is 5.76 Å². The second-order valence-electron chi connectivity index (χ2n) is 3.87. The zero-order valence-corrected chi connectivity index (χ0v) is 10.4. The van der Waals surface area contributed by atoms with Crippen LogP contribution >= 0.6 is 0 Å². The predicted molar refractivity (Wildman–Crippen MR) is 64.8 cm³/mol. The van der Waals surface area contributed by atoms with Crippen LogP contribution in [0.1, 0.15) is 23.0 Å². The highest BCUT2D eigenvalue weighted by molar-refractivity contribution is 5.85. The number of aromatic carboxylic acids is 1. The first-order valence-corrected chi connectivity index (χ1v) is 5.63. The van der Waals surface area contributed by atoms with E-state index in [1.165, 1.54) is 19.2 Å². The first kappa shape index (κ1) is 13.1. The molecule has 6 heteroatoms. The molecule has 0 amide bonds. The molecule has 0 atom stereocenters. The predicted octanol–water partition coefficient (Wildman–Crippen LogP) is 2.75. The third-order valence-electron chi connectivity index (χ3n) is 2.74. The van der Waals surface area contributed by atoms with Crippen molar-refractivity contribution in [3.8, 4) is 17.0 Å². The van der Waals surface area contributed by atoms with Crippen LogP contribution in [0.4, 0.5) is 4.39 Å². The summed E-state index contributed by atoms with van der Waals surface area (Å²) in [5, 5.41) is 12.4. The number of carboxylic acid groups (broad SMARTS) is 1. The molecule has 1 aromatic carbocycles. The van der Waals surface area contributed by atoms with Crippen molar-refractivity contribution in [3.05, 3.63) is 35.3 Å². The van der Waals surface area contributed by atoms with Gasteiger partial charge < -0.3 is 14.4 Å². The molecule has 100 valence electrons. The van der Waals surface area contributed by atoms with Gasteiger partial charge in [0.05, 0.1) is 7.11 Å². The maximum absolute atomic E-state index is 13.9. The van der Waals surface area contributed by atoms with Gasteiger partial charge in [-0.1, -0.05) is 12.1 Å². The summed E-state index contributed by atoms with van der Waals surface area (Å²) < 4.78 is 23.7. The molecule has 0 radical (unpaired) electrons. The van der Waals surface area contributed by atoms with Crippen LogP contribution in [0.5, 0.6) is 5.75 Å². The lowest BCUT2D eigenvalue weighted by atomic mass is 10.0. The molecule has 0 saturated heterocycles. The van der Waals surface area contributed by atoms with E-state index in [2.05, 4.69) is 9.68 Å². The van der Waals surface area contributed by atoms with Gasteiger partial charge in [-0.25, -0.2) is 9.18 Å². The van der Waals surface area contributed by atoms with Crippen molar-refractivity contribution < 1.29 is 23.6 Å². The fourth-order valence-electron chi connectivity index (χ4n) is 1.80. The standard InChI is InChI=1S/C13H12FNO4/c1-3-8-9(14)4-7(5-11(8)18-2)10-6-12(13(16)17)19-15-10/h4-6H,3H2,1-2H3,(H,16,17). The van der Waals surface area contributed by atoms with Gasteiger partial charge in [-0.3, -0.25) is 0 Å². The highest BCUT2D eigenvalue weighted by Crippen LogP contribution is 2.29. The van der Waals surface area contributed by atoms with Gasteiger partial charge in [-0.05, 0) is 18.6 Å². The number of hydrogen-bond donors (Lipinski definition) is 1. The summed E-state index contributed by atoms with van der Waals surface area (Å²) in [6, 6.07) is 4.12. The number of methoxy groups -OCH3 is 1. The highest BCUT2D eigenvalue weighted by Gasteiger charge is 2.16. The number of benzene rings is 1. The third kappa shape index (κ3) is 2.42. The van der Waals surface area contributed by atoms with E-state index in [1.54, 1.807) is 6.07 Å². The number of ether oxygens (including phenoxy) is 1. The van der Waals surface area contributed by atoms with Crippen LogP contribution in [-0.2, 0) is 6.42 Å². The Hall–Kier alpha value is -2.37. The van der Waals surface area contributed by atoms with E-state index in [9.17, 15) is 9.18 Å². The molecule has 0 fully saturated rings. The molecule has 2 aromatic rings. The van der Waals surface area contributed by atoms with Crippen molar-refractivity contribution in [2.75, 3.05) is 7.11 Å². The van der Waals surface area contributed by atoms with Crippen molar-refractivity contribution in [3.63, 3.8) is 0 Å². The second-order valence-corrected chi connectivity index (χ2v) is 3.87. The monoisotopic (exact) mass is 265 g/mol. The van der Waals surface area contributed by atoms with Crippen molar-refractivity contribution in [1.82, 2.24) is 5.16 Å². The van der Waals surface area contributed by atoms with Crippen LogP contribution in [0.2, 0.25) is 0 Å². The number of aromatic nitrogens is 1. The largest absolute Gasteiger partial charge is 0.496 e. The molecule has 0 bridgehead atoms. The van der Waals surface area contributed by atoms with Gasteiger partial charge in [-0.2, -0.15) is 0 Å². The van der Waals surface area contributed by atoms with Crippen molar-refractivity contribution >= 4 is 5.97 Å². The van der Waals surface area contributed by atoms with Crippen LogP contribution in [0.3, 0.4) is 0 Å². The number of halogens is 1.